The predicted octanol–water partition coefficient (Wildman–Crippen LogP) is 2.07. The number of aryl methyl sites for hydroxylation is 2. The molecule has 1 rings (SSSR count). The maximum atomic E-state index is 5.76. The number of aliphatic imine (C=N–C) groups is 1. The highest BCUT2D eigenvalue weighted by molar-refractivity contribution is 5.92. The van der Waals surface area contributed by atoms with Crippen molar-refractivity contribution in [3.05, 3.63) is 29.3 Å². The Kier molecular flexibility index (Phi) is 5.49. The Morgan fingerprint density at radius 3 is 2.76 bits per heavy atom. The molecule has 4 heteroatoms. The average molecular weight is 235 g/mol. The van der Waals surface area contributed by atoms with Gasteiger partial charge in [-0.1, -0.05) is 6.07 Å². The summed E-state index contributed by atoms with van der Waals surface area (Å²) in [5.41, 5.74) is 9.22. The molecule has 17 heavy (non-hydrogen) atoms. The van der Waals surface area contributed by atoms with E-state index in [9.17, 15) is 0 Å². The number of anilines is 1. The Bertz CT molecular complexity index is 388. The third-order valence-electron chi connectivity index (χ3n) is 2.50. The minimum Gasteiger partial charge on any atom is -0.380 e. The number of rotatable bonds is 5. The molecule has 1 aromatic carbocycles. The summed E-state index contributed by atoms with van der Waals surface area (Å²) in [6.07, 6.45) is 0. The monoisotopic (exact) mass is 235 g/mol. The fourth-order valence-electron chi connectivity index (χ4n) is 1.38. The number of ether oxygens (including phenoxy) is 1. The number of hydrogen-bond donors (Lipinski definition) is 2. The van der Waals surface area contributed by atoms with Crippen LogP contribution in [0.2, 0.25) is 0 Å². The highest BCUT2D eigenvalue weighted by atomic mass is 16.5. The zero-order valence-corrected chi connectivity index (χ0v) is 10.8. The molecule has 0 amide bonds. The van der Waals surface area contributed by atoms with E-state index in [4.69, 9.17) is 10.5 Å². The first-order valence-corrected chi connectivity index (χ1v) is 5.85. The average Bonchev–Trinajstić information content (AvgIpc) is 2.30. The molecule has 0 saturated carbocycles. The summed E-state index contributed by atoms with van der Waals surface area (Å²) in [6, 6.07) is 6.11. The number of nitrogens with two attached hydrogens (primary N) is 1. The molecule has 0 fully saturated rings. The molecule has 0 atom stereocenters. The first-order chi connectivity index (χ1) is 8.13. The van der Waals surface area contributed by atoms with E-state index in [1.807, 2.05) is 13.0 Å². The molecule has 4 nitrogen and oxygen atoms in total. The zero-order valence-electron chi connectivity index (χ0n) is 10.8. The molecular formula is C13H21N3O. The zero-order chi connectivity index (χ0) is 12.7. The normalized spacial score (nSPS) is 11.6. The van der Waals surface area contributed by atoms with Crippen LogP contribution in [0.1, 0.15) is 18.1 Å². The number of guanidine groups is 1. The smallest absolute Gasteiger partial charge is 0.193 e. The van der Waals surface area contributed by atoms with E-state index in [-0.39, 0.29) is 0 Å². The maximum Gasteiger partial charge on any atom is 0.193 e. The largest absolute Gasteiger partial charge is 0.380 e. The molecule has 3 N–H and O–H groups in total. The molecule has 0 aromatic heterocycles. The van der Waals surface area contributed by atoms with Crippen LogP contribution in [0.4, 0.5) is 5.69 Å². The number of benzene rings is 1. The van der Waals surface area contributed by atoms with Gasteiger partial charge in [-0.25, -0.2) is 0 Å². The van der Waals surface area contributed by atoms with Gasteiger partial charge in [0, 0.05) is 12.3 Å². The van der Waals surface area contributed by atoms with E-state index in [1.54, 1.807) is 0 Å². The van der Waals surface area contributed by atoms with Crippen molar-refractivity contribution in [3.63, 3.8) is 0 Å². The molecule has 0 aliphatic carbocycles. The van der Waals surface area contributed by atoms with Crippen molar-refractivity contribution in [1.82, 2.24) is 0 Å². The second kappa shape index (κ2) is 6.91. The summed E-state index contributed by atoms with van der Waals surface area (Å²) >= 11 is 0. The van der Waals surface area contributed by atoms with E-state index >= 15 is 0 Å². The number of nitrogens with zero attached hydrogens (tertiary/aromatic N) is 1. The third kappa shape index (κ3) is 4.87. The van der Waals surface area contributed by atoms with Crippen molar-refractivity contribution in [2.24, 2.45) is 10.7 Å². The molecule has 0 unspecified atom stereocenters. The Morgan fingerprint density at radius 2 is 2.12 bits per heavy atom. The van der Waals surface area contributed by atoms with Crippen LogP contribution in [0.3, 0.4) is 0 Å². The van der Waals surface area contributed by atoms with E-state index in [2.05, 4.69) is 36.3 Å². The first kappa shape index (κ1) is 13.5. The van der Waals surface area contributed by atoms with Gasteiger partial charge in [-0.05, 0) is 44.0 Å². The third-order valence-corrected chi connectivity index (χ3v) is 2.50. The van der Waals surface area contributed by atoms with Crippen molar-refractivity contribution in [2.75, 3.05) is 25.1 Å². The number of hydrogen-bond acceptors (Lipinski definition) is 2. The van der Waals surface area contributed by atoms with Gasteiger partial charge in [0.05, 0.1) is 13.2 Å². The lowest BCUT2D eigenvalue weighted by atomic mass is 10.1. The van der Waals surface area contributed by atoms with Crippen LogP contribution in [0.5, 0.6) is 0 Å². The molecule has 0 aliphatic heterocycles. The lowest BCUT2D eigenvalue weighted by Crippen LogP contribution is -2.23. The summed E-state index contributed by atoms with van der Waals surface area (Å²) in [5, 5.41) is 3.06. The molecule has 0 saturated heterocycles. The molecule has 0 bridgehead atoms. The lowest BCUT2D eigenvalue weighted by Gasteiger charge is -2.08. The van der Waals surface area contributed by atoms with Gasteiger partial charge < -0.3 is 15.8 Å². The van der Waals surface area contributed by atoms with Gasteiger partial charge in [-0.15, -0.1) is 0 Å². The Morgan fingerprint density at radius 1 is 1.35 bits per heavy atom. The molecule has 0 spiro atoms. The van der Waals surface area contributed by atoms with E-state index in [1.165, 1.54) is 11.1 Å². The molecule has 0 aliphatic rings. The highest BCUT2D eigenvalue weighted by Gasteiger charge is 1.97. The van der Waals surface area contributed by atoms with Crippen molar-refractivity contribution in [1.29, 1.82) is 0 Å². The van der Waals surface area contributed by atoms with Gasteiger partial charge in [0.15, 0.2) is 5.96 Å². The van der Waals surface area contributed by atoms with Crippen molar-refractivity contribution in [3.8, 4) is 0 Å². The molecule has 94 valence electrons. The molecule has 1 aromatic rings. The van der Waals surface area contributed by atoms with Crippen molar-refractivity contribution in [2.45, 2.75) is 20.8 Å². The second-order valence-electron chi connectivity index (χ2n) is 3.89. The van der Waals surface area contributed by atoms with E-state index < -0.39 is 0 Å². The van der Waals surface area contributed by atoms with Crippen LogP contribution in [0, 0.1) is 13.8 Å². The van der Waals surface area contributed by atoms with Gasteiger partial charge in [0.2, 0.25) is 0 Å². The van der Waals surface area contributed by atoms with Crippen LogP contribution in [-0.2, 0) is 4.74 Å². The van der Waals surface area contributed by atoms with E-state index in [0.29, 0.717) is 25.7 Å². The van der Waals surface area contributed by atoms with Gasteiger partial charge in [-0.2, -0.15) is 0 Å². The lowest BCUT2D eigenvalue weighted by molar-refractivity contribution is 0.156. The van der Waals surface area contributed by atoms with Crippen LogP contribution in [-0.4, -0.2) is 25.7 Å². The standard InChI is InChI=1S/C13H21N3O/c1-4-17-8-7-15-13(14)16-12-6-5-10(2)11(3)9-12/h5-6,9H,4,7-8H2,1-3H3,(H3,14,15,16). The van der Waals surface area contributed by atoms with Crippen molar-refractivity contribution < 1.29 is 4.74 Å². The minimum absolute atomic E-state index is 0.424. The van der Waals surface area contributed by atoms with Crippen molar-refractivity contribution >= 4 is 11.6 Å². The van der Waals surface area contributed by atoms with Gasteiger partial charge in [0.25, 0.3) is 0 Å². The number of nitrogens with one attached hydrogen (secondary N) is 1. The fraction of sp³-hybridized carbons (Fsp3) is 0.462. The van der Waals surface area contributed by atoms with Gasteiger partial charge >= 0.3 is 0 Å². The summed E-state index contributed by atoms with van der Waals surface area (Å²) in [4.78, 5) is 4.17. The minimum atomic E-state index is 0.424. The molecule has 0 radical (unpaired) electrons. The first-order valence-electron chi connectivity index (χ1n) is 5.85. The molecular weight excluding hydrogens is 214 g/mol. The fourth-order valence-corrected chi connectivity index (χ4v) is 1.38. The van der Waals surface area contributed by atoms with Gasteiger partial charge in [0.1, 0.15) is 0 Å². The quantitative estimate of drug-likeness (QED) is 0.466. The topological polar surface area (TPSA) is 59.6 Å². The van der Waals surface area contributed by atoms with Gasteiger partial charge in [-0.3, -0.25) is 4.99 Å². The second-order valence-corrected chi connectivity index (χ2v) is 3.89. The van der Waals surface area contributed by atoms with E-state index in [0.717, 1.165) is 5.69 Å². The SMILES string of the molecule is CCOCCN=C(N)Nc1ccc(C)c(C)c1. The van der Waals surface area contributed by atoms with Crippen LogP contribution in [0.15, 0.2) is 23.2 Å². The summed E-state index contributed by atoms with van der Waals surface area (Å²) in [6.45, 7) is 8.01. The Balaban J connectivity index is 2.49. The van der Waals surface area contributed by atoms with Crippen LogP contribution < -0.4 is 11.1 Å². The molecule has 0 heterocycles. The maximum absolute atomic E-state index is 5.76. The summed E-state index contributed by atoms with van der Waals surface area (Å²) in [5.74, 6) is 0.424. The Labute approximate surface area is 103 Å². The highest BCUT2D eigenvalue weighted by Crippen LogP contribution is 2.13. The predicted molar refractivity (Wildman–Crippen MR) is 72.5 cm³/mol. The summed E-state index contributed by atoms with van der Waals surface area (Å²) in [7, 11) is 0. The van der Waals surface area contributed by atoms with Crippen LogP contribution >= 0.6 is 0 Å². The Hall–Kier alpha value is -1.55. The summed E-state index contributed by atoms with van der Waals surface area (Å²) < 4.78 is 5.18. The van der Waals surface area contributed by atoms with Crippen LogP contribution in [0.25, 0.3) is 0 Å².